The van der Waals surface area contributed by atoms with Gasteiger partial charge >= 0.3 is 13.7 Å². The molecule has 1 fully saturated rings. The van der Waals surface area contributed by atoms with Crippen LogP contribution >= 0.6 is 7.75 Å². The summed E-state index contributed by atoms with van der Waals surface area (Å²) in [4.78, 5) is 24.4. The summed E-state index contributed by atoms with van der Waals surface area (Å²) in [7, 11) is -4.18. The molecule has 3 aromatic rings. The van der Waals surface area contributed by atoms with E-state index in [1.807, 2.05) is 0 Å². The molecule has 2 aromatic heterocycles. The van der Waals surface area contributed by atoms with Gasteiger partial charge in [-0.1, -0.05) is 18.2 Å². The predicted molar refractivity (Wildman–Crippen MR) is 126 cm³/mol. The van der Waals surface area contributed by atoms with Gasteiger partial charge in [-0.25, -0.2) is 19.5 Å². The molecule has 1 aliphatic rings. The van der Waals surface area contributed by atoms with E-state index in [2.05, 4.69) is 20.0 Å². The molecular weight excluding hydrogens is 493 g/mol. The normalized spacial score (nSPS) is 24.5. The minimum atomic E-state index is -4.18. The van der Waals surface area contributed by atoms with E-state index < -0.39 is 44.3 Å². The molecule has 0 spiro atoms. The fraction of sp³-hybridized carbons (Fsp3) is 0.455. The van der Waals surface area contributed by atoms with E-state index in [1.54, 1.807) is 44.2 Å². The molecule has 0 bridgehead atoms. The summed E-state index contributed by atoms with van der Waals surface area (Å²) in [5.41, 5.74) is -1.19. The molecule has 0 saturated carbocycles. The van der Waals surface area contributed by atoms with Crippen molar-refractivity contribution in [2.24, 2.45) is 0 Å². The topological polar surface area (TPSA) is 167 Å². The second kappa shape index (κ2) is 10.6. The van der Waals surface area contributed by atoms with Crippen molar-refractivity contribution in [3.8, 4) is 5.75 Å². The van der Waals surface area contributed by atoms with Gasteiger partial charge in [0.25, 0.3) is 0 Å². The van der Waals surface area contributed by atoms with Crippen molar-refractivity contribution in [2.45, 2.75) is 50.8 Å². The number of hydrogen-bond acceptors (Lipinski definition) is 11. The van der Waals surface area contributed by atoms with Crippen LogP contribution in [0.15, 0.2) is 49.2 Å². The van der Waals surface area contributed by atoms with E-state index >= 15 is 0 Å². The predicted octanol–water partition coefficient (Wildman–Crippen LogP) is 1.36. The number of esters is 1. The first-order valence-corrected chi connectivity index (χ1v) is 12.8. The molecule has 36 heavy (non-hydrogen) atoms. The lowest BCUT2D eigenvalue weighted by Crippen LogP contribution is -2.47. The van der Waals surface area contributed by atoms with Crippen LogP contribution in [0.5, 0.6) is 5.75 Å². The van der Waals surface area contributed by atoms with E-state index in [1.165, 1.54) is 30.3 Å². The molecule has 0 amide bonds. The number of nitrogens with one attached hydrogen (secondary N) is 1. The Labute approximate surface area is 207 Å². The Kier molecular flexibility index (Phi) is 7.69. The Morgan fingerprint density at radius 1 is 1.31 bits per heavy atom. The molecule has 14 heteroatoms. The summed E-state index contributed by atoms with van der Waals surface area (Å²) in [5, 5.41) is 24.7. The summed E-state index contributed by atoms with van der Waals surface area (Å²) in [5.74, 6) is -0.419. The molecule has 5 unspecified atom stereocenters. The van der Waals surface area contributed by atoms with Crippen molar-refractivity contribution < 1.29 is 38.1 Å². The van der Waals surface area contributed by atoms with E-state index in [0.717, 1.165) is 0 Å². The van der Waals surface area contributed by atoms with Crippen molar-refractivity contribution >= 4 is 24.9 Å². The van der Waals surface area contributed by atoms with Crippen LogP contribution in [-0.4, -0.2) is 73.3 Å². The number of aliphatic hydroxyl groups is 2. The summed E-state index contributed by atoms with van der Waals surface area (Å²) in [6, 6.07) is 7.22. The van der Waals surface area contributed by atoms with Crippen LogP contribution in [0.4, 0.5) is 0 Å². The highest BCUT2D eigenvalue weighted by molar-refractivity contribution is 7.52. The largest absolute Gasteiger partial charge is 0.462 e. The summed E-state index contributed by atoms with van der Waals surface area (Å²) < 4.78 is 36.8. The summed E-state index contributed by atoms with van der Waals surface area (Å²) in [6.07, 6.45) is 1.11. The minimum Gasteiger partial charge on any atom is -0.462 e. The Morgan fingerprint density at radius 2 is 2.06 bits per heavy atom. The number of fused-ring (bicyclic) bond motifs is 1. The highest BCUT2D eigenvalue weighted by Gasteiger charge is 2.51. The monoisotopic (exact) mass is 521 g/mol. The zero-order valence-corrected chi connectivity index (χ0v) is 20.8. The quantitative estimate of drug-likeness (QED) is 0.259. The smallest absolute Gasteiger partial charge is 0.459 e. The number of imidazole rings is 1. The van der Waals surface area contributed by atoms with Crippen LogP contribution in [0.1, 0.15) is 20.8 Å². The maximum Gasteiger partial charge on any atom is 0.459 e. The number of ether oxygens (including phenoxy) is 2. The van der Waals surface area contributed by atoms with Crippen molar-refractivity contribution in [3.63, 3.8) is 0 Å². The van der Waals surface area contributed by atoms with Crippen molar-refractivity contribution in [2.75, 3.05) is 13.2 Å². The lowest BCUT2D eigenvalue weighted by Gasteiger charge is -2.28. The van der Waals surface area contributed by atoms with Crippen LogP contribution in [-0.2, 0) is 29.1 Å². The zero-order valence-electron chi connectivity index (χ0n) is 19.9. The highest BCUT2D eigenvalue weighted by Crippen LogP contribution is 2.46. The lowest BCUT2D eigenvalue weighted by molar-refractivity contribution is -0.149. The second-order valence-corrected chi connectivity index (χ2v) is 10.2. The molecule has 1 aromatic carbocycles. The van der Waals surface area contributed by atoms with Crippen molar-refractivity contribution in [3.05, 3.63) is 49.2 Å². The molecule has 194 valence electrons. The molecule has 4 rings (SSSR count). The van der Waals surface area contributed by atoms with Crippen LogP contribution in [0.2, 0.25) is 0 Å². The van der Waals surface area contributed by atoms with Gasteiger partial charge in [0.15, 0.2) is 11.4 Å². The second-order valence-electron chi connectivity index (χ2n) is 8.55. The SMILES string of the molecule is CC(C)OC(=O)C(C)NP(=O)(OCC1OCC(O)(n2cnc3cncnc32)C1O)Oc1ccccc1. The number of rotatable bonds is 10. The molecule has 3 heterocycles. The third-order valence-corrected chi connectivity index (χ3v) is 7.04. The Balaban J connectivity index is 1.49. The number of aliphatic hydroxyl groups excluding tert-OH is 1. The first-order valence-electron chi connectivity index (χ1n) is 11.2. The highest BCUT2D eigenvalue weighted by atomic mass is 31.2. The van der Waals surface area contributed by atoms with Gasteiger partial charge in [0.05, 0.1) is 31.8 Å². The Bertz CT molecular complexity index is 1240. The molecule has 1 saturated heterocycles. The fourth-order valence-electron chi connectivity index (χ4n) is 3.61. The standard InChI is InChI=1S/C22H28N5O8P/c1-14(2)34-21(29)15(3)26-36(31,35-16-7-5-4-6-8-16)33-10-18-19(28)22(30,11-32-18)27-13-25-17-9-23-12-24-20(17)27/h4-9,12-15,18-19,28,30H,10-11H2,1-3H3,(H,26,31). The van der Waals surface area contributed by atoms with E-state index in [0.29, 0.717) is 11.2 Å². The summed E-state index contributed by atoms with van der Waals surface area (Å²) in [6.45, 7) is 4.09. The van der Waals surface area contributed by atoms with Gasteiger partial charge < -0.3 is 24.2 Å². The molecule has 5 atom stereocenters. The van der Waals surface area contributed by atoms with Gasteiger partial charge in [0.2, 0.25) is 0 Å². The first-order chi connectivity index (χ1) is 17.1. The number of aromatic nitrogens is 4. The number of nitrogens with zero attached hydrogens (tertiary/aromatic N) is 4. The lowest BCUT2D eigenvalue weighted by atomic mass is 10.1. The first kappa shape index (κ1) is 26.1. The minimum absolute atomic E-state index is 0.228. The van der Waals surface area contributed by atoms with Crippen LogP contribution in [0, 0.1) is 0 Å². The third-order valence-electron chi connectivity index (χ3n) is 5.40. The van der Waals surface area contributed by atoms with Gasteiger partial charge in [0.1, 0.15) is 35.8 Å². The molecule has 3 N–H and O–H groups in total. The zero-order chi connectivity index (χ0) is 25.9. The average molecular weight is 521 g/mol. The van der Waals surface area contributed by atoms with Gasteiger partial charge in [-0.05, 0) is 32.9 Å². The number of para-hydroxylation sites is 1. The van der Waals surface area contributed by atoms with Gasteiger partial charge in [0, 0.05) is 0 Å². The van der Waals surface area contributed by atoms with Crippen LogP contribution in [0.3, 0.4) is 0 Å². The van der Waals surface area contributed by atoms with E-state index in [4.69, 9.17) is 18.5 Å². The van der Waals surface area contributed by atoms with Gasteiger partial charge in [-0.2, -0.15) is 5.09 Å². The van der Waals surface area contributed by atoms with Crippen LogP contribution in [0.25, 0.3) is 11.2 Å². The third kappa shape index (κ3) is 5.56. The van der Waals surface area contributed by atoms with Crippen molar-refractivity contribution in [1.82, 2.24) is 24.6 Å². The van der Waals surface area contributed by atoms with Gasteiger partial charge in [-0.15, -0.1) is 0 Å². The Hall–Kier alpha value is -2.93. The van der Waals surface area contributed by atoms with Crippen LogP contribution < -0.4 is 9.61 Å². The number of benzene rings is 1. The van der Waals surface area contributed by atoms with Gasteiger partial charge in [-0.3, -0.25) is 13.9 Å². The average Bonchev–Trinajstić information content (AvgIpc) is 3.40. The molecule has 0 radical (unpaired) electrons. The Morgan fingerprint density at radius 3 is 2.78 bits per heavy atom. The number of carbonyl (C=O) groups is 1. The maximum atomic E-state index is 13.6. The molecule has 0 aliphatic carbocycles. The van der Waals surface area contributed by atoms with E-state index in [9.17, 15) is 19.6 Å². The van der Waals surface area contributed by atoms with E-state index in [-0.39, 0.29) is 18.5 Å². The van der Waals surface area contributed by atoms with Crippen molar-refractivity contribution in [1.29, 1.82) is 0 Å². The fourth-order valence-corrected chi connectivity index (χ4v) is 5.11. The summed E-state index contributed by atoms with van der Waals surface area (Å²) >= 11 is 0. The molecular formula is C22H28N5O8P. The maximum absolute atomic E-state index is 13.6. The number of carbonyl (C=O) groups excluding carboxylic acids is 1. The number of hydrogen-bond donors (Lipinski definition) is 3. The molecule has 1 aliphatic heterocycles. The molecule has 13 nitrogen and oxygen atoms in total.